The molecule has 4 rings (SSSR count). The number of nitrogens with one attached hydrogen (secondary N) is 2. The molecule has 0 unspecified atom stereocenters. The summed E-state index contributed by atoms with van der Waals surface area (Å²) in [4.78, 5) is 17.1. The van der Waals surface area contributed by atoms with E-state index in [-0.39, 0.29) is 18.1 Å². The molecule has 2 N–H and O–H groups in total. The van der Waals surface area contributed by atoms with E-state index in [0.717, 1.165) is 42.3 Å². The van der Waals surface area contributed by atoms with E-state index in [1.165, 1.54) is 0 Å². The minimum absolute atomic E-state index is 0.0834. The Morgan fingerprint density at radius 3 is 2.89 bits per heavy atom. The SMILES string of the molecule is COCCO[C@H]1CC[C@H](NC(=O)c2cc(-n3ccnc3)cc3cn[nH]c23)CC1. The number of carbonyl (C=O) groups excluding carboxylic acids is 1. The minimum atomic E-state index is -0.0834. The minimum Gasteiger partial charge on any atom is -0.382 e. The predicted molar refractivity (Wildman–Crippen MR) is 105 cm³/mol. The van der Waals surface area contributed by atoms with E-state index >= 15 is 0 Å². The molecule has 1 aliphatic carbocycles. The first-order valence-electron chi connectivity index (χ1n) is 9.61. The fraction of sp³-hybridized carbons (Fsp3) is 0.450. The molecule has 0 radical (unpaired) electrons. The van der Waals surface area contributed by atoms with Gasteiger partial charge in [0, 0.05) is 36.6 Å². The van der Waals surface area contributed by atoms with Crippen molar-refractivity contribution in [1.29, 1.82) is 0 Å². The van der Waals surface area contributed by atoms with Gasteiger partial charge >= 0.3 is 0 Å². The molecule has 2 aromatic heterocycles. The smallest absolute Gasteiger partial charge is 0.253 e. The molecule has 1 aliphatic rings. The van der Waals surface area contributed by atoms with Crippen molar-refractivity contribution >= 4 is 16.8 Å². The second-order valence-corrected chi connectivity index (χ2v) is 7.11. The van der Waals surface area contributed by atoms with Gasteiger partial charge in [-0.3, -0.25) is 9.89 Å². The number of H-pyrrole nitrogens is 1. The van der Waals surface area contributed by atoms with Crippen molar-refractivity contribution < 1.29 is 14.3 Å². The third kappa shape index (κ3) is 4.07. The number of amides is 1. The van der Waals surface area contributed by atoms with Crippen LogP contribution in [-0.4, -0.2) is 58.1 Å². The topological polar surface area (TPSA) is 94.1 Å². The molecule has 0 saturated heterocycles. The zero-order valence-corrected chi connectivity index (χ0v) is 15.9. The van der Waals surface area contributed by atoms with Crippen molar-refractivity contribution in [3.8, 4) is 5.69 Å². The number of hydrogen-bond acceptors (Lipinski definition) is 5. The second-order valence-electron chi connectivity index (χ2n) is 7.11. The van der Waals surface area contributed by atoms with Crippen LogP contribution in [0.25, 0.3) is 16.6 Å². The summed E-state index contributed by atoms with van der Waals surface area (Å²) in [6, 6.07) is 4.02. The number of hydrogen-bond donors (Lipinski definition) is 2. The lowest BCUT2D eigenvalue weighted by molar-refractivity contribution is -0.00408. The average molecular weight is 383 g/mol. The monoisotopic (exact) mass is 383 g/mol. The molecular weight excluding hydrogens is 358 g/mol. The number of aromatic amines is 1. The number of benzene rings is 1. The lowest BCUT2D eigenvalue weighted by Gasteiger charge is -2.29. The summed E-state index contributed by atoms with van der Waals surface area (Å²) in [6.07, 6.45) is 11.0. The fourth-order valence-corrected chi connectivity index (χ4v) is 3.72. The molecular formula is C20H25N5O3. The molecule has 8 heteroatoms. The predicted octanol–water partition coefficient (Wildman–Crippen LogP) is 2.45. The van der Waals surface area contributed by atoms with Gasteiger partial charge in [0.1, 0.15) is 0 Å². The van der Waals surface area contributed by atoms with E-state index in [1.807, 2.05) is 22.9 Å². The van der Waals surface area contributed by atoms with Gasteiger partial charge in [-0.2, -0.15) is 5.10 Å². The standard InChI is InChI=1S/C20H25N5O3/c1-27-8-9-28-17-4-2-15(3-5-17)23-20(26)18-11-16(25-7-6-21-13-25)10-14-12-22-24-19(14)18/h6-7,10-13,15,17H,2-5,8-9H2,1H3,(H,22,24)(H,23,26)/t15-,17-. The van der Waals surface area contributed by atoms with Crippen molar-refractivity contribution in [2.45, 2.75) is 37.8 Å². The lowest BCUT2D eigenvalue weighted by Crippen LogP contribution is -2.39. The number of nitrogens with zero attached hydrogens (tertiary/aromatic N) is 3. The Bertz CT molecular complexity index is 913. The van der Waals surface area contributed by atoms with Crippen LogP contribution in [0.5, 0.6) is 0 Å². The quantitative estimate of drug-likeness (QED) is 0.611. The Kier molecular flexibility index (Phi) is 5.68. The molecule has 8 nitrogen and oxygen atoms in total. The van der Waals surface area contributed by atoms with Crippen molar-refractivity contribution in [1.82, 2.24) is 25.1 Å². The highest BCUT2D eigenvalue weighted by Gasteiger charge is 2.24. The third-order valence-electron chi connectivity index (χ3n) is 5.23. The van der Waals surface area contributed by atoms with Gasteiger partial charge in [-0.1, -0.05) is 0 Å². The highest BCUT2D eigenvalue weighted by Crippen LogP contribution is 2.24. The van der Waals surface area contributed by atoms with Crippen LogP contribution in [0, 0.1) is 0 Å². The molecule has 1 saturated carbocycles. The highest BCUT2D eigenvalue weighted by molar-refractivity contribution is 6.06. The van der Waals surface area contributed by atoms with Crippen LogP contribution in [0.4, 0.5) is 0 Å². The van der Waals surface area contributed by atoms with Gasteiger partial charge in [-0.25, -0.2) is 4.98 Å². The number of methoxy groups -OCH3 is 1. The molecule has 0 spiro atoms. The Morgan fingerprint density at radius 2 is 2.14 bits per heavy atom. The number of rotatable bonds is 7. The molecule has 0 atom stereocenters. The normalized spacial score (nSPS) is 19.8. The summed E-state index contributed by atoms with van der Waals surface area (Å²) in [7, 11) is 1.67. The van der Waals surface area contributed by atoms with Crippen molar-refractivity contribution in [3.63, 3.8) is 0 Å². The molecule has 0 aliphatic heterocycles. The molecule has 148 valence electrons. The Labute approximate surface area is 163 Å². The van der Waals surface area contributed by atoms with Gasteiger partial charge < -0.3 is 19.4 Å². The van der Waals surface area contributed by atoms with Crippen LogP contribution in [0.15, 0.2) is 37.1 Å². The van der Waals surface area contributed by atoms with Gasteiger partial charge in [-0.15, -0.1) is 0 Å². The summed E-state index contributed by atoms with van der Waals surface area (Å²) in [5.74, 6) is -0.0834. The van der Waals surface area contributed by atoms with Crippen LogP contribution in [0.2, 0.25) is 0 Å². The van der Waals surface area contributed by atoms with E-state index in [1.54, 1.807) is 25.8 Å². The number of imidazole rings is 1. The van der Waals surface area contributed by atoms with E-state index in [9.17, 15) is 4.79 Å². The first kappa shape index (κ1) is 18.6. The summed E-state index contributed by atoms with van der Waals surface area (Å²) < 4.78 is 12.7. The maximum absolute atomic E-state index is 13.0. The first-order valence-corrected chi connectivity index (χ1v) is 9.61. The lowest BCUT2D eigenvalue weighted by atomic mass is 9.92. The van der Waals surface area contributed by atoms with Gasteiger partial charge in [0.25, 0.3) is 5.91 Å². The first-order chi connectivity index (χ1) is 13.7. The largest absolute Gasteiger partial charge is 0.382 e. The van der Waals surface area contributed by atoms with Gasteiger partial charge in [-0.05, 0) is 37.8 Å². The highest BCUT2D eigenvalue weighted by atomic mass is 16.5. The van der Waals surface area contributed by atoms with Gasteiger partial charge in [0.2, 0.25) is 0 Å². The molecule has 28 heavy (non-hydrogen) atoms. The number of ether oxygens (including phenoxy) is 2. The van der Waals surface area contributed by atoms with E-state index in [4.69, 9.17) is 9.47 Å². The summed E-state index contributed by atoms with van der Waals surface area (Å²) in [5, 5.41) is 11.1. The number of fused-ring (bicyclic) bond motifs is 1. The van der Waals surface area contributed by atoms with E-state index in [2.05, 4.69) is 20.5 Å². The summed E-state index contributed by atoms with van der Waals surface area (Å²) in [5.41, 5.74) is 2.22. The van der Waals surface area contributed by atoms with E-state index in [0.29, 0.717) is 18.8 Å². The molecule has 3 aromatic rings. The molecule has 1 aromatic carbocycles. The number of carbonyl (C=O) groups is 1. The Balaban J connectivity index is 1.44. The summed E-state index contributed by atoms with van der Waals surface area (Å²) in [6.45, 7) is 1.24. The Morgan fingerprint density at radius 1 is 1.29 bits per heavy atom. The van der Waals surface area contributed by atoms with Crippen LogP contribution in [0.1, 0.15) is 36.0 Å². The van der Waals surface area contributed by atoms with Crippen LogP contribution in [0.3, 0.4) is 0 Å². The van der Waals surface area contributed by atoms with Crippen molar-refractivity contribution in [2.75, 3.05) is 20.3 Å². The number of aromatic nitrogens is 4. The van der Waals surface area contributed by atoms with Crippen LogP contribution in [-0.2, 0) is 9.47 Å². The fourth-order valence-electron chi connectivity index (χ4n) is 3.72. The maximum atomic E-state index is 13.0. The second kappa shape index (κ2) is 8.53. The maximum Gasteiger partial charge on any atom is 0.253 e. The molecule has 0 bridgehead atoms. The van der Waals surface area contributed by atoms with Crippen molar-refractivity contribution in [2.24, 2.45) is 0 Å². The molecule has 1 fully saturated rings. The Hall–Kier alpha value is -2.71. The van der Waals surface area contributed by atoms with Crippen molar-refractivity contribution in [3.05, 3.63) is 42.6 Å². The third-order valence-corrected chi connectivity index (χ3v) is 5.23. The van der Waals surface area contributed by atoms with Crippen LogP contribution < -0.4 is 5.32 Å². The van der Waals surface area contributed by atoms with Gasteiger partial charge in [0.05, 0.1) is 42.9 Å². The zero-order valence-electron chi connectivity index (χ0n) is 15.9. The van der Waals surface area contributed by atoms with E-state index < -0.39 is 0 Å². The van der Waals surface area contributed by atoms with Gasteiger partial charge in [0.15, 0.2) is 0 Å². The average Bonchev–Trinajstić information content (AvgIpc) is 3.40. The molecule has 1 amide bonds. The zero-order chi connectivity index (χ0) is 19.3. The van der Waals surface area contributed by atoms with Crippen LogP contribution >= 0.6 is 0 Å². The summed E-state index contributed by atoms with van der Waals surface area (Å²) >= 11 is 0. The molecule has 2 heterocycles.